The maximum absolute atomic E-state index is 8.36. The van der Waals surface area contributed by atoms with E-state index < -0.39 is 0 Å². The Morgan fingerprint density at radius 3 is 3.00 bits per heavy atom. The Labute approximate surface area is 78.8 Å². The molecule has 13 heavy (non-hydrogen) atoms. The fourth-order valence-corrected chi connectivity index (χ4v) is 1.21. The summed E-state index contributed by atoms with van der Waals surface area (Å²) in [4.78, 5) is 0. The normalized spacial score (nSPS) is 12.4. The molecule has 1 aromatic heterocycles. The first-order valence-corrected chi connectivity index (χ1v) is 4.52. The largest absolute Gasteiger partial charge is 0.354 e. The van der Waals surface area contributed by atoms with Crippen LogP contribution < -0.4 is 5.73 Å². The van der Waals surface area contributed by atoms with E-state index in [1.54, 1.807) is 0 Å². The lowest BCUT2D eigenvalue weighted by atomic mass is 10.2. The van der Waals surface area contributed by atoms with Gasteiger partial charge in [-0.05, 0) is 25.0 Å². The Kier molecular flexibility index (Phi) is 3.53. The van der Waals surface area contributed by atoms with Crippen LogP contribution in [-0.4, -0.2) is 4.57 Å². The molecule has 0 saturated carbocycles. The molecule has 0 aliphatic rings. The second kappa shape index (κ2) is 4.68. The van der Waals surface area contributed by atoms with Crippen LogP contribution in [0.4, 0.5) is 0 Å². The quantitative estimate of drug-likeness (QED) is 0.713. The molecule has 0 aromatic carbocycles. The number of aromatic nitrogens is 1. The summed E-state index contributed by atoms with van der Waals surface area (Å²) in [5.74, 6) is 0. The zero-order valence-corrected chi connectivity index (χ0v) is 7.90. The Hall–Kier alpha value is -1.27. The molecule has 70 valence electrons. The van der Waals surface area contributed by atoms with Gasteiger partial charge in [-0.15, -0.1) is 0 Å². The Morgan fingerprint density at radius 1 is 1.69 bits per heavy atom. The van der Waals surface area contributed by atoms with Crippen molar-refractivity contribution in [2.75, 3.05) is 0 Å². The number of hydrogen-bond donors (Lipinski definition) is 1. The van der Waals surface area contributed by atoms with Gasteiger partial charge in [0.05, 0.1) is 6.07 Å². The second-order valence-corrected chi connectivity index (χ2v) is 3.23. The van der Waals surface area contributed by atoms with Crippen molar-refractivity contribution in [3.8, 4) is 6.07 Å². The molecule has 0 aliphatic carbocycles. The third kappa shape index (κ3) is 2.92. The molecular formula is C10H15N3. The average Bonchev–Trinajstić information content (AvgIpc) is 2.53. The highest BCUT2D eigenvalue weighted by molar-refractivity contribution is 5.13. The molecule has 1 atom stereocenters. The van der Waals surface area contributed by atoms with Gasteiger partial charge in [0, 0.05) is 31.4 Å². The van der Waals surface area contributed by atoms with E-state index in [4.69, 9.17) is 11.0 Å². The lowest BCUT2D eigenvalue weighted by molar-refractivity contribution is 0.653. The van der Waals surface area contributed by atoms with Gasteiger partial charge in [-0.2, -0.15) is 5.26 Å². The highest BCUT2D eigenvalue weighted by Crippen LogP contribution is 2.10. The SMILES string of the molecule is CC(N)c1ccn(CCCC#N)c1. The molecule has 0 amide bonds. The first-order chi connectivity index (χ1) is 6.24. The molecule has 0 saturated heterocycles. The van der Waals surface area contributed by atoms with Gasteiger partial charge in [-0.3, -0.25) is 0 Å². The molecule has 0 spiro atoms. The van der Waals surface area contributed by atoms with E-state index in [0.717, 1.165) is 18.5 Å². The van der Waals surface area contributed by atoms with Crippen molar-refractivity contribution < 1.29 is 0 Å². The van der Waals surface area contributed by atoms with E-state index in [1.807, 2.05) is 25.4 Å². The lowest BCUT2D eigenvalue weighted by Gasteiger charge is -2.01. The minimum Gasteiger partial charge on any atom is -0.354 e. The van der Waals surface area contributed by atoms with Crippen LogP contribution in [0.3, 0.4) is 0 Å². The van der Waals surface area contributed by atoms with Crippen molar-refractivity contribution in [1.29, 1.82) is 5.26 Å². The van der Waals surface area contributed by atoms with E-state index in [-0.39, 0.29) is 6.04 Å². The van der Waals surface area contributed by atoms with Crippen LogP contribution >= 0.6 is 0 Å². The minimum atomic E-state index is 0.0946. The highest BCUT2D eigenvalue weighted by atomic mass is 14.9. The summed E-state index contributed by atoms with van der Waals surface area (Å²) in [6.45, 7) is 2.87. The fourth-order valence-electron chi connectivity index (χ4n) is 1.21. The van der Waals surface area contributed by atoms with Crippen LogP contribution in [0, 0.1) is 11.3 Å². The van der Waals surface area contributed by atoms with Crippen molar-refractivity contribution in [2.45, 2.75) is 32.4 Å². The predicted molar refractivity (Wildman–Crippen MR) is 51.9 cm³/mol. The molecule has 0 bridgehead atoms. The van der Waals surface area contributed by atoms with Gasteiger partial charge in [-0.1, -0.05) is 0 Å². The molecule has 0 fully saturated rings. The predicted octanol–water partition coefficient (Wildman–Crippen LogP) is 1.81. The zero-order valence-electron chi connectivity index (χ0n) is 7.90. The molecule has 1 unspecified atom stereocenters. The topological polar surface area (TPSA) is 54.7 Å². The summed E-state index contributed by atoms with van der Waals surface area (Å²) in [7, 11) is 0. The maximum atomic E-state index is 8.36. The number of unbranched alkanes of at least 4 members (excludes halogenated alkanes) is 1. The van der Waals surface area contributed by atoms with Gasteiger partial charge in [0.15, 0.2) is 0 Å². The van der Waals surface area contributed by atoms with E-state index in [1.165, 1.54) is 0 Å². The molecule has 1 rings (SSSR count). The van der Waals surface area contributed by atoms with Gasteiger partial charge in [-0.25, -0.2) is 0 Å². The second-order valence-electron chi connectivity index (χ2n) is 3.23. The van der Waals surface area contributed by atoms with Crippen LogP contribution in [-0.2, 0) is 6.54 Å². The third-order valence-electron chi connectivity index (χ3n) is 2.00. The molecule has 0 aliphatic heterocycles. The highest BCUT2D eigenvalue weighted by Gasteiger charge is 2.00. The summed E-state index contributed by atoms with van der Waals surface area (Å²) < 4.78 is 2.08. The van der Waals surface area contributed by atoms with Crippen molar-refractivity contribution in [2.24, 2.45) is 5.73 Å². The first kappa shape index (κ1) is 9.82. The van der Waals surface area contributed by atoms with E-state index in [0.29, 0.717) is 6.42 Å². The van der Waals surface area contributed by atoms with Crippen LogP contribution in [0.2, 0.25) is 0 Å². The molecule has 0 radical (unpaired) electrons. The van der Waals surface area contributed by atoms with Crippen molar-refractivity contribution in [1.82, 2.24) is 4.57 Å². The average molecular weight is 177 g/mol. The number of nitriles is 1. The lowest BCUT2D eigenvalue weighted by Crippen LogP contribution is -2.03. The zero-order chi connectivity index (χ0) is 9.68. The van der Waals surface area contributed by atoms with Crippen molar-refractivity contribution >= 4 is 0 Å². The van der Waals surface area contributed by atoms with E-state index in [2.05, 4.69) is 10.6 Å². The Bertz CT molecular complexity index is 293. The van der Waals surface area contributed by atoms with E-state index >= 15 is 0 Å². The summed E-state index contributed by atoms with van der Waals surface area (Å²) in [6.07, 6.45) is 5.58. The van der Waals surface area contributed by atoms with Gasteiger partial charge in [0.1, 0.15) is 0 Å². The molecule has 2 N–H and O–H groups in total. The van der Waals surface area contributed by atoms with Crippen LogP contribution in [0.5, 0.6) is 0 Å². The van der Waals surface area contributed by atoms with Gasteiger partial charge < -0.3 is 10.3 Å². The maximum Gasteiger partial charge on any atom is 0.0622 e. The minimum absolute atomic E-state index is 0.0946. The molecule has 3 nitrogen and oxygen atoms in total. The third-order valence-corrected chi connectivity index (χ3v) is 2.00. The van der Waals surface area contributed by atoms with Gasteiger partial charge >= 0.3 is 0 Å². The van der Waals surface area contributed by atoms with Crippen molar-refractivity contribution in [3.63, 3.8) is 0 Å². The van der Waals surface area contributed by atoms with Crippen LogP contribution in [0.25, 0.3) is 0 Å². The summed E-state index contributed by atoms with van der Waals surface area (Å²) in [5.41, 5.74) is 6.87. The van der Waals surface area contributed by atoms with Gasteiger partial charge in [0.2, 0.25) is 0 Å². The standard InChI is InChI=1S/C10H15N3/c1-9(12)10-4-7-13(8-10)6-3-2-5-11/h4,7-9H,2-3,6,12H2,1H3. The number of aryl methyl sites for hydroxylation is 1. The molecule has 3 heteroatoms. The fraction of sp³-hybridized carbons (Fsp3) is 0.500. The summed E-state index contributed by atoms with van der Waals surface area (Å²) in [5, 5.41) is 8.36. The monoisotopic (exact) mass is 177 g/mol. The number of hydrogen-bond acceptors (Lipinski definition) is 2. The van der Waals surface area contributed by atoms with Crippen LogP contribution in [0.1, 0.15) is 31.4 Å². The Morgan fingerprint density at radius 2 is 2.46 bits per heavy atom. The summed E-state index contributed by atoms with van der Waals surface area (Å²) >= 11 is 0. The summed E-state index contributed by atoms with van der Waals surface area (Å²) in [6, 6.07) is 4.25. The molecule has 1 heterocycles. The number of nitrogens with zero attached hydrogens (tertiary/aromatic N) is 2. The number of nitrogens with two attached hydrogens (primary N) is 1. The number of rotatable bonds is 4. The van der Waals surface area contributed by atoms with E-state index in [9.17, 15) is 0 Å². The van der Waals surface area contributed by atoms with Crippen LogP contribution in [0.15, 0.2) is 18.5 Å². The Balaban J connectivity index is 2.45. The van der Waals surface area contributed by atoms with Crippen molar-refractivity contribution in [3.05, 3.63) is 24.0 Å². The molecule has 1 aromatic rings. The molecular weight excluding hydrogens is 162 g/mol. The smallest absolute Gasteiger partial charge is 0.0622 e. The van der Waals surface area contributed by atoms with Gasteiger partial charge in [0.25, 0.3) is 0 Å². The first-order valence-electron chi connectivity index (χ1n) is 4.52.